The minimum atomic E-state index is -0.971. The van der Waals surface area contributed by atoms with Crippen molar-refractivity contribution in [1.29, 1.82) is 0 Å². The van der Waals surface area contributed by atoms with Gasteiger partial charge in [-0.2, -0.15) is 0 Å². The van der Waals surface area contributed by atoms with Crippen LogP contribution in [0.1, 0.15) is 57.7 Å². The van der Waals surface area contributed by atoms with E-state index in [0.717, 1.165) is 11.1 Å². The first-order chi connectivity index (χ1) is 18.0. The number of carbonyl (C=O) groups is 3. The fraction of sp³-hybridized carbons (Fsp3) is 0.500. The largest absolute Gasteiger partial charge is 0.508 e. The normalized spacial score (nSPS) is 14.0. The highest BCUT2D eigenvalue weighted by Gasteiger charge is 2.36. The van der Waals surface area contributed by atoms with Gasteiger partial charge in [0.2, 0.25) is 17.7 Å². The molecule has 3 atom stereocenters. The number of nitrogens with zero attached hydrogens (tertiary/aromatic N) is 2. The summed E-state index contributed by atoms with van der Waals surface area (Å²) < 4.78 is 13.3. The first-order valence-electron chi connectivity index (χ1n) is 13.2. The smallest absolute Gasteiger partial charge is 0.245 e. The SMILES string of the molecule is CC(C)C[C@@H](C(=O)N(C)[C@@H](Cc1ccc(O)c(C(C)(C)C)c1)C(N)=O)N(C)C(=O)[C@@H](N)Cc1ccc(F)cc1. The molecule has 0 unspecified atom stereocenters. The summed E-state index contributed by atoms with van der Waals surface area (Å²) in [4.78, 5) is 42.2. The number of phenolic OH excluding ortho intramolecular Hbond substituents is 1. The number of amides is 3. The maximum Gasteiger partial charge on any atom is 0.245 e. The summed E-state index contributed by atoms with van der Waals surface area (Å²) in [5.41, 5.74) is 13.8. The Morgan fingerprint density at radius 2 is 1.44 bits per heavy atom. The molecule has 0 radical (unpaired) electrons. The molecule has 5 N–H and O–H groups in total. The predicted molar refractivity (Wildman–Crippen MR) is 150 cm³/mol. The monoisotopic (exact) mass is 542 g/mol. The van der Waals surface area contributed by atoms with Crippen LogP contribution in [0.5, 0.6) is 5.75 Å². The van der Waals surface area contributed by atoms with Gasteiger partial charge in [0.1, 0.15) is 23.7 Å². The van der Waals surface area contributed by atoms with Crippen LogP contribution in [0.25, 0.3) is 0 Å². The molecule has 0 bridgehead atoms. The van der Waals surface area contributed by atoms with Gasteiger partial charge in [0, 0.05) is 20.5 Å². The summed E-state index contributed by atoms with van der Waals surface area (Å²) in [6.45, 7) is 9.78. The van der Waals surface area contributed by atoms with E-state index in [1.54, 1.807) is 24.3 Å². The molecule has 0 aromatic heterocycles. The molecule has 0 aliphatic carbocycles. The van der Waals surface area contributed by atoms with Gasteiger partial charge in [0.05, 0.1) is 6.04 Å². The van der Waals surface area contributed by atoms with E-state index >= 15 is 0 Å². The van der Waals surface area contributed by atoms with E-state index in [-0.39, 0.29) is 35.7 Å². The first kappa shape index (κ1) is 31.8. The zero-order chi connectivity index (χ0) is 29.7. The van der Waals surface area contributed by atoms with Gasteiger partial charge in [-0.3, -0.25) is 14.4 Å². The summed E-state index contributed by atoms with van der Waals surface area (Å²) in [6, 6.07) is 8.07. The quantitative estimate of drug-likeness (QED) is 0.402. The Balaban J connectivity index is 2.28. The number of aromatic hydroxyl groups is 1. The Hall–Kier alpha value is -3.46. The van der Waals surface area contributed by atoms with Crippen molar-refractivity contribution in [2.24, 2.45) is 17.4 Å². The van der Waals surface area contributed by atoms with E-state index in [0.29, 0.717) is 12.0 Å². The number of rotatable bonds is 11. The van der Waals surface area contributed by atoms with Crippen molar-refractivity contribution in [3.8, 4) is 5.75 Å². The van der Waals surface area contributed by atoms with Gasteiger partial charge < -0.3 is 26.4 Å². The van der Waals surface area contributed by atoms with E-state index in [1.807, 2.05) is 40.7 Å². The third-order valence-electron chi connectivity index (χ3n) is 6.92. The molecular formula is C30H43FN4O4. The molecule has 2 aromatic rings. The molecule has 214 valence electrons. The van der Waals surface area contributed by atoms with Gasteiger partial charge in [0.15, 0.2) is 0 Å². The molecule has 0 aliphatic rings. The molecule has 0 heterocycles. The van der Waals surface area contributed by atoms with Gasteiger partial charge >= 0.3 is 0 Å². The van der Waals surface area contributed by atoms with Crippen LogP contribution in [-0.2, 0) is 32.6 Å². The topological polar surface area (TPSA) is 130 Å². The Morgan fingerprint density at radius 1 is 0.897 bits per heavy atom. The summed E-state index contributed by atoms with van der Waals surface area (Å²) in [5, 5.41) is 10.3. The lowest BCUT2D eigenvalue weighted by Crippen LogP contribution is -2.57. The second-order valence-electron chi connectivity index (χ2n) is 11.7. The molecule has 39 heavy (non-hydrogen) atoms. The van der Waals surface area contributed by atoms with E-state index in [9.17, 15) is 23.9 Å². The Morgan fingerprint density at radius 3 is 1.95 bits per heavy atom. The van der Waals surface area contributed by atoms with Gasteiger partial charge in [-0.05, 0) is 59.1 Å². The number of primary amides is 1. The van der Waals surface area contributed by atoms with Crippen molar-refractivity contribution < 1.29 is 23.9 Å². The van der Waals surface area contributed by atoms with E-state index < -0.39 is 35.8 Å². The second kappa shape index (κ2) is 13.1. The maximum atomic E-state index is 13.8. The predicted octanol–water partition coefficient (Wildman–Crippen LogP) is 3.13. The van der Waals surface area contributed by atoms with Crippen LogP contribution in [0.3, 0.4) is 0 Å². The van der Waals surface area contributed by atoms with Gasteiger partial charge in [-0.1, -0.05) is 58.9 Å². The average Bonchev–Trinajstić information content (AvgIpc) is 2.85. The van der Waals surface area contributed by atoms with Crippen molar-refractivity contribution >= 4 is 17.7 Å². The van der Waals surface area contributed by atoms with Crippen molar-refractivity contribution in [3.63, 3.8) is 0 Å². The maximum absolute atomic E-state index is 13.8. The number of phenols is 1. The second-order valence-corrected chi connectivity index (χ2v) is 11.7. The summed E-state index contributed by atoms with van der Waals surface area (Å²) >= 11 is 0. The van der Waals surface area contributed by atoms with E-state index in [4.69, 9.17) is 11.5 Å². The lowest BCUT2D eigenvalue weighted by atomic mass is 9.84. The highest BCUT2D eigenvalue weighted by Crippen LogP contribution is 2.31. The Kier molecular flexibility index (Phi) is 10.6. The molecule has 0 spiro atoms. The molecule has 0 aliphatic heterocycles. The molecule has 2 aromatic carbocycles. The molecule has 8 nitrogen and oxygen atoms in total. The van der Waals surface area contributed by atoms with Crippen molar-refractivity contribution in [1.82, 2.24) is 9.80 Å². The van der Waals surface area contributed by atoms with Crippen molar-refractivity contribution in [2.45, 2.75) is 77.4 Å². The van der Waals surface area contributed by atoms with Gasteiger partial charge in [-0.15, -0.1) is 0 Å². The minimum Gasteiger partial charge on any atom is -0.508 e. The number of hydrogen-bond acceptors (Lipinski definition) is 5. The lowest BCUT2D eigenvalue weighted by molar-refractivity contribution is -0.148. The van der Waals surface area contributed by atoms with Gasteiger partial charge in [-0.25, -0.2) is 4.39 Å². The molecule has 3 amide bonds. The third-order valence-corrected chi connectivity index (χ3v) is 6.92. The number of carbonyl (C=O) groups excluding carboxylic acids is 3. The van der Waals surface area contributed by atoms with Gasteiger partial charge in [0.25, 0.3) is 0 Å². The summed E-state index contributed by atoms with van der Waals surface area (Å²) in [5.74, 6) is -1.70. The fourth-order valence-electron chi connectivity index (χ4n) is 4.60. The summed E-state index contributed by atoms with van der Waals surface area (Å²) in [6.07, 6.45) is 0.688. The van der Waals surface area contributed by atoms with E-state index in [2.05, 4.69) is 0 Å². The van der Waals surface area contributed by atoms with Crippen molar-refractivity contribution in [2.75, 3.05) is 14.1 Å². The Labute approximate surface area is 231 Å². The molecular weight excluding hydrogens is 499 g/mol. The molecule has 0 saturated heterocycles. The number of halogens is 1. The third kappa shape index (κ3) is 8.51. The Bertz CT molecular complexity index is 1160. The molecule has 9 heteroatoms. The number of likely N-dealkylation sites (N-methyl/N-ethyl adjacent to an activating group) is 2. The van der Waals surface area contributed by atoms with Crippen LogP contribution < -0.4 is 11.5 Å². The van der Waals surface area contributed by atoms with Crippen LogP contribution in [0, 0.1) is 11.7 Å². The number of hydrogen-bond donors (Lipinski definition) is 3. The number of benzene rings is 2. The van der Waals surface area contributed by atoms with Crippen LogP contribution in [0.4, 0.5) is 4.39 Å². The zero-order valence-corrected chi connectivity index (χ0v) is 24.1. The minimum absolute atomic E-state index is 0.0643. The van der Waals surface area contributed by atoms with Crippen LogP contribution >= 0.6 is 0 Å². The highest BCUT2D eigenvalue weighted by molar-refractivity contribution is 5.92. The fourth-order valence-corrected chi connectivity index (χ4v) is 4.60. The zero-order valence-electron chi connectivity index (χ0n) is 24.1. The molecule has 0 saturated carbocycles. The average molecular weight is 543 g/mol. The standard InChI is InChI=1S/C30H43FN4O4/c1-18(2)14-25(35(7)28(38)23(32)16-19-8-11-21(31)12-9-19)29(39)34(6)24(27(33)37)17-20-10-13-26(36)22(15-20)30(3,4)5/h8-13,15,18,23-25,36H,14,16-17,32H2,1-7H3,(H2,33,37)/t23-,24-,25-/m0/s1. The van der Waals surface area contributed by atoms with Crippen molar-refractivity contribution in [3.05, 3.63) is 65.0 Å². The highest BCUT2D eigenvalue weighted by atomic mass is 19.1. The molecule has 0 fully saturated rings. The summed E-state index contributed by atoms with van der Waals surface area (Å²) in [7, 11) is 3.04. The van der Waals surface area contributed by atoms with Crippen LogP contribution in [0.2, 0.25) is 0 Å². The molecule has 2 rings (SSSR count). The van der Waals surface area contributed by atoms with E-state index in [1.165, 1.54) is 36.0 Å². The lowest BCUT2D eigenvalue weighted by Gasteiger charge is -2.35. The number of nitrogens with two attached hydrogens (primary N) is 2. The first-order valence-corrected chi connectivity index (χ1v) is 13.2. The van der Waals surface area contributed by atoms with Crippen LogP contribution in [-0.4, -0.2) is 64.8 Å². The van der Waals surface area contributed by atoms with Crippen LogP contribution in [0.15, 0.2) is 42.5 Å².